The van der Waals surface area contributed by atoms with E-state index in [-0.39, 0.29) is 5.91 Å². The van der Waals surface area contributed by atoms with Crippen molar-refractivity contribution < 1.29 is 9.53 Å². The van der Waals surface area contributed by atoms with Gasteiger partial charge in [0, 0.05) is 16.6 Å². The molecule has 3 aromatic rings. The second-order valence-corrected chi connectivity index (χ2v) is 4.42. The Bertz CT molecular complexity index is 748. The van der Waals surface area contributed by atoms with E-state index in [1.54, 1.807) is 13.2 Å². The first-order valence-electron chi connectivity index (χ1n) is 6.30. The van der Waals surface area contributed by atoms with E-state index < -0.39 is 0 Å². The molecular formula is C16H14N2O2. The van der Waals surface area contributed by atoms with Gasteiger partial charge in [-0.2, -0.15) is 0 Å². The van der Waals surface area contributed by atoms with Gasteiger partial charge in [-0.3, -0.25) is 4.79 Å². The number of fused-ring (bicyclic) bond motifs is 1. The molecule has 2 aromatic carbocycles. The van der Waals surface area contributed by atoms with E-state index in [9.17, 15) is 4.79 Å². The van der Waals surface area contributed by atoms with E-state index in [1.807, 2.05) is 48.5 Å². The van der Waals surface area contributed by atoms with Crippen LogP contribution in [0.25, 0.3) is 10.9 Å². The van der Waals surface area contributed by atoms with Gasteiger partial charge in [-0.1, -0.05) is 24.3 Å². The number of para-hydroxylation sites is 1. The summed E-state index contributed by atoms with van der Waals surface area (Å²) in [7, 11) is 1.62. The van der Waals surface area contributed by atoms with Crippen molar-refractivity contribution >= 4 is 22.5 Å². The first-order chi connectivity index (χ1) is 9.78. The van der Waals surface area contributed by atoms with E-state index >= 15 is 0 Å². The van der Waals surface area contributed by atoms with Crippen LogP contribution < -0.4 is 10.1 Å². The highest BCUT2D eigenvalue weighted by atomic mass is 16.5. The molecule has 1 heterocycles. The standard InChI is InChI=1S/C16H14N2O2/c1-20-15-9-5-8-13-12(15)10-14(18-13)16(19)17-11-6-3-2-4-7-11/h2-10,18H,1H3,(H,17,19). The molecule has 0 aliphatic rings. The fraction of sp³-hybridized carbons (Fsp3) is 0.0625. The maximum atomic E-state index is 12.2. The van der Waals surface area contributed by atoms with Crippen LogP contribution in [0, 0.1) is 0 Å². The minimum Gasteiger partial charge on any atom is -0.496 e. The molecule has 1 aromatic heterocycles. The zero-order valence-corrected chi connectivity index (χ0v) is 11.0. The fourth-order valence-corrected chi connectivity index (χ4v) is 2.15. The Morgan fingerprint density at radius 1 is 1.10 bits per heavy atom. The van der Waals surface area contributed by atoms with Crippen LogP contribution in [0.1, 0.15) is 10.5 Å². The number of H-pyrrole nitrogens is 1. The van der Waals surface area contributed by atoms with Gasteiger partial charge in [-0.05, 0) is 30.3 Å². The quantitative estimate of drug-likeness (QED) is 0.763. The number of aromatic amines is 1. The maximum absolute atomic E-state index is 12.2. The van der Waals surface area contributed by atoms with Crippen molar-refractivity contribution in [2.24, 2.45) is 0 Å². The van der Waals surface area contributed by atoms with Gasteiger partial charge in [0.15, 0.2) is 0 Å². The number of benzene rings is 2. The van der Waals surface area contributed by atoms with E-state index in [1.165, 1.54) is 0 Å². The fourth-order valence-electron chi connectivity index (χ4n) is 2.15. The summed E-state index contributed by atoms with van der Waals surface area (Å²) < 4.78 is 5.29. The SMILES string of the molecule is COc1cccc2[nH]c(C(=O)Nc3ccccc3)cc12. The smallest absolute Gasteiger partial charge is 0.272 e. The van der Waals surface area contributed by atoms with Crippen molar-refractivity contribution in [2.75, 3.05) is 12.4 Å². The van der Waals surface area contributed by atoms with Crippen molar-refractivity contribution in [1.82, 2.24) is 4.98 Å². The molecule has 0 saturated heterocycles. The van der Waals surface area contributed by atoms with Gasteiger partial charge < -0.3 is 15.0 Å². The Morgan fingerprint density at radius 3 is 2.65 bits per heavy atom. The molecule has 0 bridgehead atoms. The van der Waals surface area contributed by atoms with Gasteiger partial charge in [0.2, 0.25) is 0 Å². The molecule has 0 aliphatic heterocycles. The minimum absolute atomic E-state index is 0.172. The van der Waals surface area contributed by atoms with E-state index in [0.29, 0.717) is 5.69 Å². The third-order valence-corrected chi connectivity index (χ3v) is 3.12. The molecule has 4 nitrogen and oxygen atoms in total. The number of aromatic nitrogens is 1. The molecule has 0 saturated carbocycles. The summed E-state index contributed by atoms with van der Waals surface area (Å²) in [4.78, 5) is 15.3. The molecule has 0 fully saturated rings. The van der Waals surface area contributed by atoms with Gasteiger partial charge in [0.1, 0.15) is 11.4 Å². The molecular weight excluding hydrogens is 252 g/mol. The number of hydrogen-bond acceptors (Lipinski definition) is 2. The first kappa shape index (κ1) is 12.3. The van der Waals surface area contributed by atoms with Crippen molar-refractivity contribution in [3.05, 3.63) is 60.3 Å². The molecule has 0 unspecified atom stereocenters. The Morgan fingerprint density at radius 2 is 1.90 bits per heavy atom. The molecule has 2 N–H and O–H groups in total. The van der Waals surface area contributed by atoms with E-state index in [4.69, 9.17) is 4.74 Å². The molecule has 1 amide bonds. The molecule has 0 radical (unpaired) electrons. The summed E-state index contributed by atoms with van der Waals surface area (Å²) >= 11 is 0. The molecule has 0 spiro atoms. The summed E-state index contributed by atoms with van der Waals surface area (Å²) in [6, 6.07) is 16.8. The van der Waals surface area contributed by atoms with Crippen LogP contribution in [0.3, 0.4) is 0 Å². The van der Waals surface area contributed by atoms with Crippen LogP contribution in [0.2, 0.25) is 0 Å². The van der Waals surface area contributed by atoms with Gasteiger partial charge >= 0.3 is 0 Å². The van der Waals surface area contributed by atoms with Crippen molar-refractivity contribution in [3.8, 4) is 5.75 Å². The Kier molecular flexibility index (Phi) is 3.13. The molecule has 20 heavy (non-hydrogen) atoms. The van der Waals surface area contributed by atoms with Gasteiger partial charge in [0.05, 0.1) is 7.11 Å². The molecule has 3 rings (SSSR count). The number of nitrogens with one attached hydrogen (secondary N) is 2. The lowest BCUT2D eigenvalue weighted by Crippen LogP contribution is -2.11. The summed E-state index contributed by atoms with van der Waals surface area (Å²) in [5.41, 5.74) is 2.15. The number of ether oxygens (including phenoxy) is 1. The van der Waals surface area contributed by atoms with Gasteiger partial charge in [-0.15, -0.1) is 0 Å². The minimum atomic E-state index is -0.172. The molecule has 100 valence electrons. The van der Waals surface area contributed by atoms with E-state index in [0.717, 1.165) is 22.3 Å². The highest BCUT2D eigenvalue weighted by Crippen LogP contribution is 2.26. The summed E-state index contributed by atoms with van der Waals surface area (Å²) in [6.07, 6.45) is 0. The topological polar surface area (TPSA) is 54.1 Å². The number of amides is 1. The number of carbonyl (C=O) groups excluding carboxylic acids is 1. The Balaban J connectivity index is 1.92. The first-order valence-corrected chi connectivity index (χ1v) is 6.30. The van der Waals surface area contributed by atoms with Crippen LogP contribution in [0.15, 0.2) is 54.6 Å². The van der Waals surface area contributed by atoms with Crippen LogP contribution >= 0.6 is 0 Å². The molecule has 0 atom stereocenters. The number of rotatable bonds is 3. The Labute approximate surface area is 116 Å². The monoisotopic (exact) mass is 266 g/mol. The van der Waals surface area contributed by atoms with Gasteiger partial charge in [-0.25, -0.2) is 0 Å². The predicted molar refractivity (Wildman–Crippen MR) is 79.2 cm³/mol. The van der Waals surface area contributed by atoms with Crippen LogP contribution in [-0.2, 0) is 0 Å². The maximum Gasteiger partial charge on any atom is 0.272 e. The van der Waals surface area contributed by atoms with Crippen molar-refractivity contribution in [1.29, 1.82) is 0 Å². The second kappa shape index (κ2) is 5.09. The van der Waals surface area contributed by atoms with Gasteiger partial charge in [0.25, 0.3) is 5.91 Å². The average molecular weight is 266 g/mol. The summed E-state index contributed by atoms with van der Waals surface area (Å²) in [5.74, 6) is 0.576. The molecule has 4 heteroatoms. The Hall–Kier alpha value is -2.75. The number of methoxy groups -OCH3 is 1. The summed E-state index contributed by atoms with van der Waals surface area (Å²) in [6.45, 7) is 0. The highest BCUT2D eigenvalue weighted by molar-refractivity contribution is 6.06. The number of carbonyl (C=O) groups is 1. The highest BCUT2D eigenvalue weighted by Gasteiger charge is 2.11. The lowest BCUT2D eigenvalue weighted by Gasteiger charge is -2.02. The van der Waals surface area contributed by atoms with Crippen molar-refractivity contribution in [3.63, 3.8) is 0 Å². The number of anilines is 1. The zero-order chi connectivity index (χ0) is 13.9. The van der Waals surface area contributed by atoms with Crippen LogP contribution in [0.5, 0.6) is 5.75 Å². The zero-order valence-electron chi connectivity index (χ0n) is 11.0. The number of hydrogen-bond donors (Lipinski definition) is 2. The molecule has 0 aliphatic carbocycles. The van der Waals surface area contributed by atoms with E-state index in [2.05, 4.69) is 10.3 Å². The largest absolute Gasteiger partial charge is 0.496 e. The van der Waals surface area contributed by atoms with Crippen molar-refractivity contribution in [2.45, 2.75) is 0 Å². The summed E-state index contributed by atoms with van der Waals surface area (Å²) in [5, 5.41) is 3.74. The second-order valence-electron chi connectivity index (χ2n) is 4.42. The van der Waals surface area contributed by atoms with Crippen LogP contribution in [-0.4, -0.2) is 18.0 Å². The third-order valence-electron chi connectivity index (χ3n) is 3.12. The third kappa shape index (κ3) is 2.23. The lowest BCUT2D eigenvalue weighted by atomic mass is 10.2. The lowest BCUT2D eigenvalue weighted by molar-refractivity contribution is 0.102. The predicted octanol–water partition coefficient (Wildman–Crippen LogP) is 3.43. The average Bonchev–Trinajstić information content (AvgIpc) is 2.92. The normalized spacial score (nSPS) is 10.4. The van der Waals surface area contributed by atoms with Crippen LogP contribution in [0.4, 0.5) is 5.69 Å².